The number of esters is 2. The molecule has 1 amide bonds. The van der Waals surface area contributed by atoms with E-state index in [1.165, 1.54) is 0 Å². The fourth-order valence-electron chi connectivity index (χ4n) is 4.42. The van der Waals surface area contributed by atoms with E-state index in [0.29, 0.717) is 25.8 Å². The van der Waals surface area contributed by atoms with E-state index in [-0.39, 0.29) is 18.5 Å². The number of hydrogen-bond donors (Lipinski definition) is 1. The number of hydrogen-bond acceptors (Lipinski definition) is 6. The molecule has 1 aliphatic heterocycles. The zero-order valence-corrected chi connectivity index (χ0v) is 22.4. The first-order valence-electron chi connectivity index (χ1n) is 13.2. The fourth-order valence-corrected chi connectivity index (χ4v) is 4.42. The summed E-state index contributed by atoms with van der Waals surface area (Å²) < 4.78 is 11.2. The van der Waals surface area contributed by atoms with Gasteiger partial charge in [0.1, 0.15) is 24.3 Å². The number of amides is 1. The normalized spacial score (nSPS) is 18.0. The van der Waals surface area contributed by atoms with Gasteiger partial charge in [0.15, 0.2) is 0 Å². The lowest BCUT2D eigenvalue weighted by molar-refractivity contribution is -0.159. The summed E-state index contributed by atoms with van der Waals surface area (Å²) in [4.78, 5) is 41.1. The minimum absolute atomic E-state index is 0.161. The molecule has 0 radical (unpaired) electrons. The summed E-state index contributed by atoms with van der Waals surface area (Å²) in [6, 6.07) is 17.5. The molecule has 7 heteroatoms. The topological polar surface area (TPSA) is 84.9 Å². The molecule has 2 aromatic rings. The summed E-state index contributed by atoms with van der Waals surface area (Å²) in [6.07, 6.45) is 3.35. The number of carbonyl (C=O) groups is 3. The molecule has 200 valence electrons. The molecular formula is C30H40N2O5. The first-order chi connectivity index (χ1) is 17.6. The maximum absolute atomic E-state index is 13.6. The zero-order chi connectivity index (χ0) is 26.8. The largest absolute Gasteiger partial charge is 0.459 e. The first-order valence-corrected chi connectivity index (χ1v) is 13.2. The Kier molecular flexibility index (Phi) is 10.3. The van der Waals surface area contributed by atoms with Crippen LogP contribution in [-0.2, 0) is 36.9 Å². The number of benzene rings is 2. The second-order valence-electron chi connectivity index (χ2n) is 10.6. The van der Waals surface area contributed by atoms with Crippen LogP contribution in [0.25, 0.3) is 0 Å². The number of nitrogens with one attached hydrogen (secondary N) is 1. The van der Waals surface area contributed by atoms with Gasteiger partial charge in [0.2, 0.25) is 5.91 Å². The second kappa shape index (κ2) is 13.4. The Morgan fingerprint density at radius 2 is 1.59 bits per heavy atom. The van der Waals surface area contributed by atoms with Crippen LogP contribution < -0.4 is 5.32 Å². The molecule has 1 heterocycles. The van der Waals surface area contributed by atoms with Crippen molar-refractivity contribution >= 4 is 17.8 Å². The summed E-state index contributed by atoms with van der Waals surface area (Å²) >= 11 is 0. The predicted octanol–water partition coefficient (Wildman–Crippen LogP) is 4.43. The summed E-state index contributed by atoms with van der Waals surface area (Å²) in [5.41, 5.74) is 1.37. The van der Waals surface area contributed by atoms with E-state index in [9.17, 15) is 14.4 Å². The quantitative estimate of drug-likeness (QED) is 0.478. The van der Waals surface area contributed by atoms with E-state index in [1.807, 2.05) is 81.4 Å². The molecule has 2 unspecified atom stereocenters. The van der Waals surface area contributed by atoms with Crippen molar-refractivity contribution < 1.29 is 23.9 Å². The van der Waals surface area contributed by atoms with Crippen LogP contribution in [0.1, 0.15) is 64.5 Å². The van der Waals surface area contributed by atoms with Crippen molar-refractivity contribution in [3.8, 4) is 0 Å². The lowest BCUT2D eigenvalue weighted by Crippen LogP contribution is -2.55. The van der Waals surface area contributed by atoms with E-state index in [0.717, 1.165) is 24.0 Å². The molecule has 37 heavy (non-hydrogen) atoms. The minimum atomic E-state index is -0.720. The van der Waals surface area contributed by atoms with Crippen LogP contribution >= 0.6 is 0 Å². The highest BCUT2D eigenvalue weighted by Gasteiger charge is 2.36. The van der Waals surface area contributed by atoms with Crippen molar-refractivity contribution in [2.45, 2.75) is 90.1 Å². The summed E-state index contributed by atoms with van der Waals surface area (Å²) in [7, 11) is 0. The molecule has 0 saturated carbocycles. The average Bonchev–Trinajstić information content (AvgIpc) is 3.05. The van der Waals surface area contributed by atoms with Gasteiger partial charge in [-0.2, -0.15) is 0 Å². The van der Waals surface area contributed by atoms with Gasteiger partial charge in [-0.1, -0.05) is 60.7 Å². The van der Waals surface area contributed by atoms with Crippen LogP contribution in [0.3, 0.4) is 0 Å². The van der Waals surface area contributed by atoms with E-state index < -0.39 is 29.7 Å². The van der Waals surface area contributed by atoms with Crippen molar-refractivity contribution in [2.24, 2.45) is 0 Å². The molecule has 3 atom stereocenters. The predicted molar refractivity (Wildman–Crippen MR) is 143 cm³/mol. The van der Waals surface area contributed by atoms with Crippen molar-refractivity contribution in [3.05, 3.63) is 71.8 Å². The van der Waals surface area contributed by atoms with Gasteiger partial charge in [-0.3, -0.25) is 14.9 Å². The molecule has 1 fully saturated rings. The third kappa shape index (κ3) is 9.01. The number of ether oxygens (including phenoxy) is 2. The smallest absolute Gasteiger partial charge is 0.328 e. The Labute approximate surface area is 220 Å². The number of carbonyl (C=O) groups excluding carboxylic acids is 3. The number of likely N-dealkylation sites (tertiary alicyclic amines) is 1. The number of aryl methyl sites for hydroxylation is 1. The van der Waals surface area contributed by atoms with Crippen LogP contribution in [0.4, 0.5) is 0 Å². The van der Waals surface area contributed by atoms with Crippen molar-refractivity contribution in [1.82, 2.24) is 10.2 Å². The molecular weight excluding hydrogens is 468 g/mol. The van der Waals surface area contributed by atoms with Gasteiger partial charge in [0, 0.05) is 6.54 Å². The third-order valence-electron chi connectivity index (χ3n) is 6.41. The van der Waals surface area contributed by atoms with Gasteiger partial charge < -0.3 is 14.4 Å². The molecule has 7 nitrogen and oxygen atoms in total. The monoisotopic (exact) mass is 508 g/mol. The van der Waals surface area contributed by atoms with Gasteiger partial charge in [0.25, 0.3) is 0 Å². The molecule has 1 saturated heterocycles. The molecule has 3 rings (SSSR count). The van der Waals surface area contributed by atoms with Crippen molar-refractivity contribution in [2.75, 3.05) is 6.54 Å². The van der Waals surface area contributed by atoms with Crippen LogP contribution in [-0.4, -0.2) is 53.0 Å². The molecule has 1 aliphatic rings. The lowest BCUT2D eigenvalue weighted by Gasteiger charge is -2.31. The van der Waals surface area contributed by atoms with Crippen LogP contribution in [0.15, 0.2) is 60.7 Å². The molecule has 0 spiro atoms. The Hall–Kier alpha value is -3.19. The highest BCUT2D eigenvalue weighted by atomic mass is 16.6. The van der Waals surface area contributed by atoms with Gasteiger partial charge in [-0.25, -0.2) is 4.79 Å². The standard InChI is InChI=1S/C30H40N2O5/c1-22(28(34)36-21-24-15-9-6-10-16-24)32-20-12-11-17-25(27(32)33)31-26(29(35)37-30(2,3)4)19-18-23-13-7-5-8-14-23/h5-10,13-16,22,25-26,31H,11-12,17-21H2,1-4H3/t22?,25?,26-/m0/s1. The maximum Gasteiger partial charge on any atom is 0.328 e. The van der Waals surface area contributed by atoms with Crippen molar-refractivity contribution in [1.29, 1.82) is 0 Å². The van der Waals surface area contributed by atoms with E-state index >= 15 is 0 Å². The number of nitrogens with zero attached hydrogens (tertiary/aromatic N) is 1. The Morgan fingerprint density at radius 1 is 0.973 bits per heavy atom. The Morgan fingerprint density at radius 3 is 2.22 bits per heavy atom. The zero-order valence-electron chi connectivity index (χ0n) is 22.4. The highest BCUT2D eigenvalue weighted by Crippen LogP contribution is 2.19. The first kappa shape index (κ1) is 28.4. The van der Waals surface area contributed by atoms with Crippen LogP contribution in [0, 0.1) is 0 Å². The third-order valence-corrected chi connectivity index (χ3v) is 6.41. The molecule has 0 aliphatic carbocycles. The number of rotatable bonds is 10. The molecule has 0 bridgehead atoms. The van der Waals surface area contributed by atoms with Gasteiger partial charge in [-0.15, -0.1) is 0 Å². The molecule has 2 aromatic carbocycles. The maximum atomic E-state index is 13.6. The van der Waals surface area contributed by atoms with Gasteiger partial charge >= 0.3 is 11.9 Å². The fraction of sp³-hybridized carbons (Fsp3) is 0.500. The second-order valence-corrected chi connectivity index (χ2v) is 10.6. The van der Waals surface area contributed by atoms with E-state index in [4.69, 9.17) is 9.47 Å². The average molecular weight is 509 g/mol. The van der Waals surface area contributed by atoms with Crippen LogP contribution in [0.5, 0.6) is 0 Å². The molecule has 1 N–H and O–H groups in total. The van der Waals surface area contributed by atoms with E-state index in [1.54, 1.807) is 11.8 Å². The molecule has 0 aromatic heterocycles. The minimum Gasteiger partial charge on any atom is -0.459 e. The Bertz CT molecular complexity index is 1020. The highest BCUT2D eigenvalue weighted by molar-refractivity contribution is 5.88. The Balaban J connectivity index is 1.68. The van der Waals surface area contributed by atoms with Gasteiger partial charge in [0.05, 0.1) is 6.04 Å². The van der Waals surface area contributed by atoms with Crippen LogP contribution in [0.2, 0.25) is 0 Å². The summed E-state index contributed by atoms with van der Waals surface area (Å²) in [5.74, 6) is -0.997. The van der Waals surface area contributed by atoms with Gasteiger partial charge in [-0.05, 0) is 70.9 Å². The van der Waals surface area contributed by atoms with E-state index in [2.05, 4.69) is 5.32 Å². The van der Waals surface area contributed by atoms with Crippen molar-refractivity contribution in [3.63, 3.8) is 0 Å². The lowest BCUT2D eigenvalue weighted by atomic mass is 10.0. The summed E-state index contributed by atoms with van der Waals surface area (Å²) in [6.45, 7) is 7.84. The SMILES string of the molecule is CC(C(=O)OCc1ccccc1)N1CCCCC(N[C@@H](CCc2ccccc2)C(=O)OC(C)(C)C)C1=O. The summed E-state index contributed by atoms with van der Waals surface area (Å²) in [5, 5.41) is 3.30.